The molecule has 2 rings (SSSR count). The number of carbonyl (C=O) groups is 1. The van der Waals surface area contributed by atoms with Crippen LogP contribution in [-0.4, -0.2) is 30.0 Å². The molecule has 1 aliphatic rings. The molecule has 0 N–H and O–H groups in total. The van der Waals surface area contributed by atoms with Gasteiger partial charge in [0.25, 0.3) is 0 Å². The average molecular weight is 270 g/mol. The predicted octanol–water partition coefficient (Wildman–Crippen LogP) is 2.16. The lowest BCUT2D eigenvalue weighted by atomic mass is 10.1. The first-order valence-corrected chi connectivity index (χ1v) is 6.17. The number of alkyl halides is 1. The standard InChI is InChI=1S/C12H12ClNO2S/c1-16-12(15)10-6-8-4-2-3-5-9(8)14(10)11(17)7-13/h2-5,10H,6-7H2,1H3/t10-/m0/s1. The van der Waals surface area contributed by atoms with E-state index >= 15 is 0 Å². The molecule has 3 nitrogen and oxygen atoms in total. The summed E-state index contributed by atoms with van der Waals surface area (Å²) >= 11 is 11.0. The van der Waals surface area contributed by atoms with E-state index in [1.165, 1.54) is 7.11 Å². The highest BCUT2D eigenvalue weighted by atomic mass is 35.5. The molecule has 90 valence electrons. The number of rotatable bonds is 2. The molecule has 0 aromatic heterocycles. The van der Waals surface area contributed by atoms with E-state index in [9.17, 15) is 4.79 Å². The Morgan fingerprint density at radius 1 is 1.59 bits per heavy atom. The molecule has 0 fully saturated rings. The van der Waals surface area contributed by atoms with E-state index in [1.807, 2.05) is 24.3 Å². The minimum Gasteiger partial charge on any atom is -0.467 e. The van der Waals surface area contributed by atoms with Crippen molar-refractivity contribution in [1.82, 2.24) is 0 Å². The summed E-state index contributed by atoms with van der Waals surface area (Å²) in [5.41, 5.74) is 2.05. The van der Waals surface area contributed by atoms with Crippen LogP contribution in [0.5, 0.6) is 0 Å². The van der Waals surface area contributed by atoms with Gasteiger partial charge in [0, 0.05) is 12.1 Å². The fourth-order valence-corrected chi connectivity index (χ4v) is 2.44. The average Bonchev–Trinajstić information content (AvgIpc) is 2.76. The summed E-state index contributed by atoms with van der Waals surface area (Å²) in [4.78, 5) is 14.1. The molecule has 0 bridgehead atoms. The van der Waals surface area contributed by atoms with Gasteiger partial charge in [-0.15, -0.1) is 11.6 Å². The van der Waals surface area contributed by atoms with E-state index < -0.39 is 0 Å². The molecule has 0 unspecified atom stereocenters. The van der Waals surface area contributed by atoms with Crippen molar-refractivity contribution >= 4 is 40.5 Å². The summed E-state index contributed by atoms with van der Waals surface area (Å²) in [6, 6.07) is 7.41. The molecule has 0 spiro atoms. The Labute approximate surface area is 110 Å². The highest BCUT2D eigenvalue weighted by Gasteiger charge is 2.36. The smallest absolute Gasteiger partial charge is 0.329 e. The van der Waals surface area contributed by atoms with Crippen LogP contribution in [0.1, 0.15) is 5.56 Å². The maximum absolute atomic E-state index is 11.7. The normalized spacial score (nSPS) is 17.8. The van der Waals surface area contributed by atoms with Gasteiger partial charge < -0.3 is 9.64 Å². The molecule has 1 atom stereocenters. The monoisotopic (exact) mass is 269 g/mol. The second-order valence-corrected chi connectivity index (χ2v) is 4.51. The maximum atomic E-state index is 11.7. The van der Waals surface area contributed by atoms with Crippen LogP contribution in [0.3, 0.4) is 0 Å². The van der Waals surface area contributed by atoms with E-state index in [0.717, 1.165) is 11.3 Å². The van der Waals surface area contributed by atoms with Gasteiger partial charge in [0.1, 0.15) is 6.04 Å². The summed E-state index contributed by atoms with van der Waals surface area (Å²) in [5.74, 6) is -0.0642. The number of thiocarbonyl (C=S) groups is 1. The van der Waals surface area contributed by atoms with Gasteiger partial charge in [0.15, 0.2) is 0 Å². The number of esters is 1. The van der Waals surface area contributed by atoms with Crippen molar-refractivity contribution in [2.24, 2.45) is 0 Å². The summed E-state index contributed by atoms with van der Waals surface area (Å²) in [6.07, 6.45) is 0.611. The Hall–Kier alpha value is -1.13. The summed E-state index contributed by atoms with van der Waals surface area (Å²) in [5, 5.41) is 0. The molecule has 17 heavy (non-hydrogen) atoms. The van der Waals surface area contributed by atoms with E-state index in [0.29, 0.717) is 11.4 Å². The Morgan fingerprint density at radius 3 is 2.94 bits per heavy atom. The number of anilines is 1. The van der Waals surface area contributed by atoms with E-state index in [1.54, 1.807) is 4.90 Å². The first-order chi connectivity index (χ1) is 8.19. The number of ether oxygens (including phenoxy) is 1. The second kappa shape index (κ2) is 5.02. The molecule has 1 heterocycles. The molecule has 0 amide bonds. The van der Waals surface area contributed by atoms with E-state index in [-0.39, 0.29) is 17.9 Å². The number of para-hydroxylation sites is 1. The minimum atomic E-state index is -0.386. The lowest BCUT2D eigenvalue weighted by Gasteiger charge is -2.25. The zero-order valence-electron chi connectivity index (χ0n) is 9.35. The van der Waals surface area contributed by atoms with Gasteiger partial charge in [0.2, 0.25) is 0 Å². The van der Waals surface area contributed by atoms with Gasteiger partial charge in [-0.05, 0) is 11.6 Å². The van der Waals surface area contributed by atoms with Crippen LogP contribution < -0.4 is 4.90 Å². The van der Waals surface area contributed by atoms with Crippen LogP contribution in [0.4, 0.5) is 5.69 Å². The largest absolute Gasteiger partial charge is 0.467 e. The zero-order chi connectivity index (χ0) is 12.4. The molecule has 1 aromatic carbocycles. The minimum absolute atomic E-state index is 0.219. The highest BCUT2D eigenvalue weighted by Crippen LogP contribution is 2.33. The van der Waals surface area contributed by atoms with Crippen LogP contribution in [0.25, 0.3) is 0 Å². The van der Waals surface area contributed by atoms with Crippen LogP contribution in [0, 0.1) is 0 Å². The van der Waals surface area contributed by atoms with Gasteiger partial charge in [-0.25, -0.2) is 4.79 Å². The first-order valence-electron chi connectivity index (χ1n) is 5.22. The van der Waals surface area contributed by atoms with Gasteiger partial charge in [-0.3, -0.25) is 0 Å². The van der Waals surface area contributed by atoms with E-state index in [4.69, 9.17) is 28.6 Å². The van der Waals surface area contributed by atoms with Gasteiger partial charge >= 0.3 is 5.97 Å². The van der Waals surface area contributed by atoms with Gasteiger partial charge in [0.05, 0.1) is 18.0 Å². The van der Waals surface area contributed by atoms with Crippen molar-refractivity contribution in [2.45, 2.75) is 12.5 Å². The molecule has 0 saturated heterocycles. The molecular weight excluding hydrogens is 258 g/mol. The lowest BCUT2D eigenvalue weighted by Crippen LogP contribution is -2.43. The quantitative estimate of drug-likeness (QED) is 0.468. The number of methoxy groups -OCH3 is 1. The number of benzene rings is 1. The zero-order valence-corrected chi connectivity index (χ0v) is 10.9. The van der Waals surface area contributed by atoms with Crippen molar-refractivity contribution in [1.29, 1.82) is 0 Å². The van der Waals surface area contributed by atoms with Crippen LogP contribution >= 0.6 is 23.8 Å². The number of carbonyl (C=O) groups excluding carboxylic acids is 1. The summed E-state index contributed by atoms with van der Waals surface area (Å²) in [7, 11) is 1.38. The fourth-order valence-electron chi connectivity index (χ4n) is 2.08. The third kappa shape index (κ3) is 2.15. The van der Waals surface area contributed by atoms with Gasteiger partial charge in [-0.1, -0.05) is 30.4 Å². The number of fused-ring (bicyclic) bond motifs is 1. The number of hydrogen-bond donors (Lipinski definition) is 0. The van der Waals surface area contributed by atoms with Crippen molar-refractivity contribution < 1.29 is 9.53 Å². The molecule has 0 saturated carbocycles. The molecule has 1 aromatic rings. The van der Waals surface area contributed by atoms with Gasteiger partial charge in [-0.2, -0.15) is 0 Å². The van der Waals surface area contributed by atoms with Crippen molar-refractivity contribution in [3.8, 4) is 0 Å². The fraction of sp³-hybridized carbons (Fsp3) is 0.333. The van der Waals surface area contributed by atoms with Crippen LogP contribution in [0.15, 0.2) is 24.3 Å². The van der Waals surface area contributed by atoms with Crippen molar-refractivity contribution in [2.75, 3.05) is 17.9 Å². The Morgan fingerprint density at radius 2 is 2.29 bits per heavy atom. The molecule has 0 aliphatic carbocycles. The first kappa shape index (κ1) is 12.3. The van der Waals surface area contributed by atoms with Crippen LogP contribution in [0.2, 0.25) is 0 Å². The third-order valence-electron chi connectivity index (χ3n) is 2.83. The van der Waals surface area contributed by atoms with Crippen LogP contribution in [-0.2, 0) is 16.0 Å². The number of halogens is 1. The van der Waals surface area contributed by atoms with Crippen molar-refractivity contribution in [3.63, 3.8) is 0 Å². The topological polar surface area (TPSA) is 29.5 Å². The molecular formula is C12H12ClNO2S. The van der Waals surface area contributed by atoms with Crippen molar-refractivity contribution in [3.05, 3.63) is 29.8 Å². The molecule has 5 heteroatoms. The summed E-state index contributed by atoms with van der Waals surface area (Å²) in [6.45, 7) is 0. The second-order valence-electron chi connectivity index (χ2n) is 3.77. The maximum Gasteiger partial charge on any atom is 0.329 e. The number of hydrogen-bond acceptors (Lipinski definition) is 3. The highest BCUT2D eigenvalue weighted by molar-refractivity contribution is 7.80. The lowest BCUT2D eigenvalue weighted by molar-refractivity contribution is -0.141. The Bertz CT molecular complexity index is 464. The molecule has 1 aliphatic heterocycles. The molecule has 0 radical (unpaired) electrons. The number of nitrogens with zero attached hydrogens (tertiary/aromatic N) is 1. The third-order valence-corrected chi connectivity index (χ3v) is 3.59. The van der Waals surface area contributed by atoms with E-state index in [2.05, 4.69) is 0 Å². The Kier molecular flexibility index (Phi) is 3.64. The predicted molar refractivity (Wildman–Crippen MR) is 71.7 cm³/mol. The Balaban J connectivity index is 2.40. The summed E-state index contributed by atoms with van der Waals surface area (Å²) < 4.78 is 4.81. The SMILES string of the molecule is COC(=O)[C@@H]1Cc2ccccc2N1C(=S)CCl.